The zero-order valence-corrected chi connectivity index (χ0v) is 21.3. The van der Waals surface area contributed by atoms with Crippen LogP contribution in [0.4, 0.5) is 0 Å². The lowest BCUT2D eigenvalue weighted by Gasteiger charge is -2.12. The highest BCUT2D eigenvalue weighted by atomic mass is 35.5. The van der Waals surface area contributed by atoms with E-state index in [0.717, 1.165) is 45.4 Å². The van der Waals surface area contributed by atoms with Gasteiger partial charge in [-0.3, -0.25) is 4.79 Å². The number of carbonyl (C=O) groups is 1. The molecule has 1 aliphatic rings. The van der Waals surface area contributed by atoms with E-state index < -0.39 is 5.97 Å². The molecule has 6 rings (SSSR count). The Labute approximate surface area is 218 Å². The van der Waals surface area contributed by atoms with Crippen molar-refractivity contribution < 1.29 is 14.6 Å². The summed E-state index contributed by atoms with van der Waals surface area (Å²) in [4.78, 5) is 11.9. The molecule has 1 N–H and O–H groups in total. The molecule has 5 aromatic rings. The molecule has 0 bridgehead atoms. The largest absolute Gasteiger partial charge is 0.489 e. The normalized spacial score (nSPS) is 13.5. The molecule has 0 unspecified atom stereocenters. The van der Waals surface area contributed by atoms with Gasteiger partial charge in [-0.25, -0.2) is 0 Å². The molecule has 0 aliphatic heterocycles. The number of carboxylic acids is 1. The number of fused-ring (bicyclic) bond motifs is 2. The molecule has 4 nitrogen and oxygen atoms in total. The molecule has 1 fully saturated rings. The maximum Gasteiger partial charge on any atom is 0.307 e. The highest BCUT2D eigenvalue weighted by Crippen LogP contribution is 2.38. The van der Waals surface area contributed by atoms with E-state index in [0.29, 0.717) is 24.0 Å². The number of aliphatic carboxylic acids is 1. The van der Waals surface area contributed by atoms with Crippen molar-refractivity contribution in [1.29, 1.82) is 0 Å². The van der Waals surface area contributed by atoms with Crippen LogP contribution in [0.5, 0.6) is 5.75 Å². The van der Waals surface area contributed by atoms with Crippen LogP contribution in [-0.2, 0) is 30.8 Å². The standard InChI is InChI=1S/C30H26ClNO3S/c31-22-8-11-29-25(13-22)21(18-36-29)12-27-26(15-30(33)34)24-10-9-23(35-17-20-4-2-1-3-5-20)14-28(24)32(27)16-19-6-7-19/h1-5,8-11,13-14,18-19H,6-7,12,15-17H2,(H,33,34). The molecule has 1 saturated carbocycles. The summed E-state index contributed by atoms with van der Waals surface area (Å²) in [7, 11) is 0. The maximum absolute atomic E-state index is 11.9. The molecule has 6 heteroatoms. The van der Waals surface area contributed by atoms with Gasteiger partial charge < -0.3 is 14.4 Å². The Morgan fingerprint density at radius 3 is 2.67 bits per heavy atom. The summed E-state index contributed by atoms with van der Waals surface area (Å²) in [6.45, 7) is 1.39. The van der Waals surface area contributed by atoms with Crippen molar-refractivity contribution in [2.45, 2.75) is 38.8 Å². The highest BCUT2D eigenvalue weighted by molar-refractivity contribution is 7.17. The Morgan fingerprint density at radius 2 is 1.89 bits per heavy atom. The number of aromatic nitrogens is 1. The third kappa shape index (κ3) is 4.73. The minimum atomic E-state index is -0.815. The Hall–Kier alpha value is -3.28. The van der Waals surface area contributed by atoms with Gasteiger partial charge in [0.25, 0.3) is 0 Å². The van der Waals surface area contributed by atoms with Crippen LogP contribution in [0.1, 0.15) is 35.2 Å². The van der Waals surface area contributed by atoms with Crippen LogP contribution in [0.2, 0.25) is 5.02 Å². The summed E-state index contributed by atoms with van der Waals surface area (Å²) in [5.41, 5.74) is 5.33. The minimum absolute atomic E-state index is 0.00343. The molecular weight excluding hydrogens is 490 g/mol. The van der Waals surface area contributed by atoms with E-state index >= 15 is 0 Å². The molecule has 2 aromatic heterocycles. The van der Waals surface area contributed by atoms with E-state index in [1.165, 1.54) is 23.1 Å². The first-order valence-corrected chi connectivity index (χ1v) is 13.5. The van der Waals surface area contributed by atoms with Crippen molar-refractivity contribution in [1.82, 2.24) is 4.57 Å². The quantitative estimate of drug-likeness (QED) is 0.218. The molecule has 0 saturated heterocycles. The second-order valence-electron chi connectivity index (χ2n) is 9.58. The summed E-state index contributed by atoms with van der Waals surface area (Å²) in [5.74, 6) is 0.617. The van der Waals surface area contributed by atoms with Gasteiger partial charge in [-0.1, -0.05) is 41.9 Å². The number of benzene rings is 3. The number of hydrogen-bond acceptors (Lipinski definition) is 3. The number of nitrogens with zero attached hydrogens (tertiary/aromatic N) is 1. The fourth-order valence-electron chi connectivity index (χ4n) is 4.97. The van der Waals surface area contributed by atoms with Crippen LogP contribution in [0.25, 0.3) is 21.0 Å². The van der Waals surface area contributed by atoms with Gasteiger partial charge in [-0.2, -0.15) is 0 Å². The first-order valence-electron chi connectivity index (χ1n) is 12.2. The van der Waals surface area contributed by atoms with Crippen molar-refractivity contribution in [2.75, 3.05) is 0 Å². The van der Waals surface area contributed by atoms with Crippen molar-refractivity contribution >= 4 is 49.9 Å². The average molecular weight is 516 g/mol. The fraction of sp³-hybridized carbons (Fsp3) is 0.233. The SMILES string of the molecule is O=C(O)Cc1c(Cc2csc3ccc(Cl)cc23)n(CC2CC2)c2cc(OCc3ccccc3)ccc12. The Morgan fingerprint density at radius 1 is 1.06 bits per heavy atom. The van der Waals surface area contributed by atoms with E-state index in [4.69, 9.17) is 16.3 Å². The molecule has 0 spiro atoms. The fourth-order valence-corrected chi connectivity index (χ4v) is 6.09. The van der Waals surface area contributed by atoms with E-state index in [1.807, 2.05) is 42.5 Å². The van der Waals surface area contributed by atoms with Gasteiger partial charge in [0.2, 0.25) is 0 Å². The second kappa shape index (κ2) is 9.64. The lowest BCUT2D eigenvalue weighted by molar-refractivity contribution is -0.136. The van der Waals surface area contributed by atoms with E-state index in [2.05, 4.69) is 34.2 Å². The summed E-state index contributed by atoms with van der Waals surface area (Å²) < 4.78 is 9.69. The Kier molecular flexibility index (Phi) is 6.20. The second-order valence-corrected chi connectivity index (χ2v) is 10.9. The molecule has 2 heterocycles. The predicted molar refractivity (Wildman–Crippen MR) is 146 cm³/mol. The maximum atomic E-state index is 11.9. The molecule has 0 amide bonds. The molecule has 182 valence electrons. The van der Waals surface area contributed by atoms with Gasteiger partial charge >= 0.3 is 5.97 Å². The molecule has 1 aliphatic carbocycles. The van der Waals surface area contributed by atoms with Crippen LogP contribution in [0.3, 0.4) is 0 Å². The van der Waals surface area contributed by atoms with Gasteiger partial charge in [0.15, 0.2) is 0 Å². The van der Waals surface area contributed by atoms with Gasteiger partial charge in [-0.05, 0) is 76.5 Å². The summed E-state index contributed by atoms with van der Waals surface area (Å²) in [5, 5.41) is 14.8. The van der Waals surface area contributed by atoms with Gasteiger partial charge in [0, 0.05) is 39.8 Å². The van der Waals surface area contributed by atoms with Crippen LogP contribution in [-0.4, -0.2) is 15.6 Å². The number of halogens is 1. The van der Waals surface area contributed by atoms with E-state index in [1.54, 1.807) is 11.3 Å². The monoisotopic (exact) mass is 515 g/mol. The van der Waals surface area contributed by atoms with E-state index in [-0.39, 0.29) is 6.42 Å². The zero-order valence-electron chi connectivity index (χ0n) is 19.7. The average Bonchev–Trinajstić information content (AvgIpc) is 3.56. The van der Waals surface area contributed by atoms with Gasteiger partial charge in [0.1, 0.15) is 12.4 Å². The topological polar surface area (TPSA) is 51.5 Å². The third-order valence-corrected chi connectivity index (χ3v) is 8.19. The van der Waals surface area contributed by atoms with Crippen molar-refractivity contribution in [3.8, 4) is 5.75 Å². The van der Waals surface area contributed by atoms with E-state index in [9.17, 15) is 9.90 Å². The number of carboxylic acid groups (broad SMARTS) is 1. The van der Waals surface area contributed by atoms with Gasteiger partial charge in [-0.15, -0.1) is 11.3 Å². The molecule has 36 heavy (non-hydrogen) atoms. The van der Waals surface area contributed by atoms with Crippen LogP contribution in [0, 0.1) is 5.92 Å². The Balaban J connectivity index is 1.44. The van der Waals surface area contributed by atoms with Crippen LogP contribution < -0.4 is 4.74 Å². The highest BCUT2D eigenvalue weighted by Gasteiger charge is 2.27. The van der Waals surface area contributed by atoms with Crippen LogP contribution >= 0.6 is 22.9 Å². The number of rotatable bonds is 9. The summed E-state index contributed by atoms with van der Waals surface area (Å²) >= 11 is 8.03. The minimum Gasteiger partial charge on any atom is -0.489 e. The first-order chi connectivity index (χ1) is 17.5. The van der Waals surface area contributed by atoms with Crippen molar-refractivity contribution in [3.63, 3.8) is 0 Å². The summed E-state index contributed by atoms with van der Waals surface area (Å²) in [6, 6.07) is 22.2. The smallest absolute Gasteiger partial charge is 0.307 e. The predicted octanol–water partition coefficient (Wildman–Crippen LogP) is 7.72. The van der Waals surface area contributed by atoms with Crippen LogP contribution in [0.15, 0.2) is 72.1 Å². The molecule has 0 atom stereocenters. The number of thiophene rings is 1. The summed E-state index contributed by atoms with van der Waals surface area (Å²) in [6.07, 6.45) is 3.10. The van der Waals surface area contributed by atoms with Gasteiger partial charge in [0.05, 0.1) is 11.9 Å². The van der Waals surface area contributed by atoms with Crippen molar-refractivity contribution in [3.05, 3.63) is 99.5 Å². The molecular formula is C30H26ClNO3S. The molecule has 3 aromatic carbocycles. The van der Waals surface area contributed by atoms with Crippen molar-refractivity contribution in [2.24, 2.45) is 5.92 Å². The zero-order chi connectivity index (χ0) is 24.6. The molecule has 0 radical (unpaired) electrons. The lowest BCUT2D eigenvalue weighted by atomic mass is 10.0. The first kappa shape index (κ1) is 23.1. The third-order valence-electron chi connectivity index (χ3n) is 6.95. The number of hydrogen-bond donors (Lipinski definition) is 1. The Bertz CT molecular complexity index is 1570. The lowest BCUT2D eigenvalue weighted by Crippen LogP contribution is -2.09. The number of ether oxygens (including phenoxy) is 1.